The molecule has 0 fully saturated rings. The highest BCUT2D eigenvalue weighted by Gasteiger charge is 2.36. The van der Waals surface area contributed by atoms with Gasteiger partial charge in [0.2, 0.25) is 0 Å². The second-order valence-electron chi connectivity index (χ2n) is 4.47. The van der Waals surface area contributed by atoms with E-state index in [4.69, 9.17) is 6.42 Å². The van der Waals surface area contributed by atoms with Crippen LogP contribution in [0.15, 0.2) is 49.1 Å². The summed E-state index contributed by atoms with van der Waals surface area (Å²) in [4.78, 5) is 0. The van der Waals surface area contributed by atoms with Crippen molar-refractivity contribution in [2.45, 2.75) is 12.8 Å². The fourth-order valence-corrected chi connectivity index (χ4v) is 1.99. The molecule has 0 N–H and O–H groups in total. The first-order chi connectivity index (χ1) is 9.72. The molecule has 0 bridgehead atoms. The summed E-state index contributed by atoms with van der Waals surface area (Å²) in [7, 11) is 0. The summed E-state index contributed by atoms with van der Waals surface area (Å²) in [5.41, 5.74) is -0.141. The minimum Gasteiger partial charge on any atom is -0.197 e. The lowest BCUT2D eigenvalue weighted by Gasteiger charge is -2.24. The van der Waals surface area contributed by atoms with Crippen molar-refractivity contribution >= 4 is 6.08 Å². The van der Waals surface area contributed by atoms with E-state index >= 15 is 0 Å². The Morgan fingerprint density at radius 2 is 1.90 bits per heavy atom. The molecule has 1 aromatic carbocycles. The van der Waals surface area contributed by atoms with Gasteiger partial charge in [-0.3, -0.25) is 0 Å². The standard InChI is InChI=1S/C18H16N2/c1-3-8-17(18(14-19,15-20)13-4-2)12-11-16-9-6-5-7-10-16/h1,4-7,9-12,17H,2,8,13H2/b12-11+. The SMILES string of the molecule is C#CCC(/C=C/c1ccccc1)C(C#N)(C#N)CC=C. The minimum absolute atomic E-state index is 0.297. The summed E-state index contributed by atoms with van der Waals surface area (Å²) in [6.07, 6.45) is 11.4. The summed E-state index contributed by atoms with van der Waals surface area (Å²) < 4.78 is 0. The Kier molecular flexibility index (Phi) is 5.83. The zero-order valence-electron chi connectivity index (χ0n) is 11.3. The van der Waals surface area contributed by atoms with E-state index in [9.17, 15) is 10.5 Å². The Bertz CT molecular complexity index is 577. The Labute approximate surface area is 120 Å². The number of hydrogen-bond donors (Lipinski definition) is 0. The third-order valence-electron chi connectivity index (χ3n) is 3.16. The highest BCUT2D eigenvalue weighted by Crippen LogP contribution is 2.34. The molecule has 0 heterocycles. The molecule has 0 saturated heterocycles. The highest BCUT2D eigenvalue weighted by molar-refractivity contribution is 5.50. The van der Waals surface area contributed by atoms with Gasteiger partial charge in [0.1, 0.15) is 0 Å². The molecule has 2 heteroatoms. The van der Waals surface area contributed by atoms with Crippen LogP contribution in [0.3, 0.4) is 0 Å². The second-order valence-corrected chi connectivity index (χ2v) is 4.47. The van der Waals surface area contributed by atoms with Crippen molar-refractivity contribution in [1.29, 1.82) is 10.5 Å². The first-order valence-electron chi connectivity index (χ1n) is 6.32. The average molecular weight is 260 g/mol. The zero-order valence-corrected chi connectivity index (χ0v) is 11.3. The lowest BCUT2D eigenvalue weighted by molar-refractivity contribution is 0.391. The summed E-state index contributed by atoms with van der Waals surface area (Å²) in [6, 6.07) is 13.9. The van der Waals surface area contributed by atoms with Crippen LogP contribution in [0.5, 0.6) is 0 Å². The van der Waals surface area contributed by atoms with E-state index in [1.54, 1.807) is 6.08 Å². The summed E-state index contributed by atoms with van der Waals surface area (Å²) in [5, 5.41) is 18.8. The van der Waals surface area contributed by atoms with Crippen LogP contribution >= 0.6 is 0 Å². The van der Waals surface area contributed by atoms with E-state index in [2.05, 4.69) is 24.6 Å². The van der Waals surface area contributed by atoms with Crippen molar-refractivity contribution in [1.82, 2.24) is 0 Å². The van der Waals surface area contributed by atoms with Crippen LogP contribution < -0.4 is 0 Å². The van der Waals surface area contributed by atoms with Gasteiger partial charge in [-0.15, -0.1) is 18.9 Å². The van der Waals surface area contributed by atoms with Crippen molar-refractivity contribution in [2.24, 2.45) is 11.3 Å². The Morgan fingerprint density at radius 1 is 1.25 bits per heavy atom. The zero-order chi connectivity index (χ0) is 14.8. The topological polar surface area (TPSA) is 47.6 Å². The molecule has 0 spiro atoms. The molecular weight excluding hydrogens is 244 g/mol. The monoisotopic (exact) mass is 260 g/mol. The molecule has 0 aromatic heterocycles. The largest absolute Gasteiger partial charge is 0.197 e. The lowest BCUT2D eigenvalue weighted by atomic mass is 9.73. The molecule has 1 atom stereocenters. The number of benzene rings is 1. The number of hydrogen-bond acceptors (Lipinski definition) is 2. The smallest absolute Gasteiger partial charge is 0.154 e. The molecule has 1 aromatic rings. The third-order valence-corrected chi connectivity index (χ3v) is 3.16. The van der Waals surface area contributed by atoms with E-state index in [1.807, 2.05) is 42.5 Å². The predicted octanol–water partition coefficient (Wildman–Crippen LogP) is 3.95. The van der Waals surface area contributed by atoms with Crippen molar-refractivity contribution in [3.05, 3.63) is 54.6 Å². The predicted molar refractivity (Wildman–Crippen MR) is 80.9 cm³/mol. The number of nitrogens with zero attached hydrogens (tertiary/aromatic N) is 2. The first kappa shape index (κ1) is 15.3. The molecule has 0 aliphatic carbocycles. The van der Waals surface area contributed by atoms with E-state index in [-0.39, 0.29) is 5.92 Å². The fourth-order valence-electron chi connectivity index (χ4n) is 1.99. The van der Waals surface area contributed by atoms with Crippen LogP contribution in [0, 0.1) is 46.3 Å². The van der Waals surface area contributed by atoms with Crippen LogP contribution in [0.25, 0.3) is 6.08 Å². The molecule has 98 valence electrons. The molecule has 0 aliphatic rings. The van der Waals surface area contributed by atoms with Gasteiger partial charge in [-0.25, -0.2) is 0 Å². The third kappa shape index (κ3) is 3.61. The van der Waals surface area contributed by atoms with Crippen molar-refractivity contribution in [3.8, 4) is 24.5 Å². The molecule has 1 rings (SSSR count). The van der Waals surface area contributed by atoms with E-state index in [0.29, 0.717) is 12.8 Å². The lowest BCUT2D eigenvalue weighted by Crippen LogP contribution is -2.25. The highest BCUT2D eigenvalue weighted by atomic mass is 14.4. The summed E-state index contributed by atoms with van der Waals surface area (Å²) >= 11 is 0. The summed E-state index contributed by atoms with van der Waals surface area (Å²) in [5.74, 6) is 2.23. The van der Waals surface area contributed by atoms with Crippen LogP contribution in [-0.2, 0) is 0 Å². The van der Waals surface area contributed by atoms with Crippen molar-refractivity contribution < 1.29 is 0 Å². The van der Waals surface area contributed by atoms with Gasteiger partial charge in [0.15, 0.2) is 5.41 Å². The Morgan fingerprint density at radius 3 is 2.40 bits per heavy atom. The minimum atomic E-state index is -1.15. The molecule has 20 heavy (non-hydrogen) atoms. The van der Waals surface area contributed by atoms with Gasteiger partial charge < -0.3 is 0 Å². The van der Waals surface area contributed by atoms with Crippen molar-refractivity contribution in [3.63, 3.8) is 0 Å². The molecule has 0 aliphatic heterocycles. The van der Waals surface area contributed by atoms with Crippen LogP contribution in [-0.4, -0.2) is 0 Å². The fraction of sp³-hybridized carbons (Fsp3) is 0.222. The van der Waals surface area contributed by atoms with Gasteiger partial charge in [0.05, 0.1) is 12.1 Å². The van der Waals surface area contributed by atoms with Crippen LogP contribution in [0.4, 0.5) is 0 Å². The number of allylic oxidation sites excluding steroid dienone is 2. The van der Waals surface area contributed by atoms with Gasteiger partial charge in [0.25, 0.3) is 0 Å². The normalized spacial score (nSPS) is 12.1. The summed E-state index contributed by atoms with van der Waals surface area (Å²) in [6.45, 7) is 3.62. The van der Waals surface area contributed by atoms with Gasteiger partial charge in [0, 0.05) is 12.3 Å². The Balaban J connectivity index is 3.09. The maximum Gasteiger partial charge on any atom is 0.154 e. The van der Waals surface area contributed by atoms with Gasteiger partial charge in [-0.05, 0) is 12.0 Å². The first-order valence-corrected chi connectivity index (χ1v) is 6.32. The van der Waals surface area contributed by atoms with Gasteiger partial charge in [-0.1, -0.05) is 48.6 Å². The van der Waals surface area contributed by atoms with Crippen molar-refractivity contribution in [2.75, 3.05) is 0 Å². The molecule has 0 saturated carbocycles. The molecule has 2 nitrogen and oxygen atoms in total. The van der Waals surface area contributed by atoms with Crippen LogP contribution in [0.1, 0.15) is 18.4 Å². The van der Waals surface area contributed by atoms with Gasteiger partial charge in [-0.2, -0.15) is 10.5 Å². The number of rotatable bonds is 6. The molecule has 0 radical (unpaired) electrons. The number of terminal acetylenes is 1. The maximum atomic E-state index is 9.38. The maximum absolute atomic E-state index is 9.38. The molecule has 1 unspecified atom stereocenters. The van der Waals surface area contributed by atoms with Gasteiger partial charge >= 0.3 is 0 Å². The van der Waals surface area contributed by atoms with E-state index in [0.717, 1.165) is 5.56 Å². The van der Waals surface area contributed by atoms with Crippen LogP contribution in [0.2, 0.25) is 0 Å². The molecular formula is C18H16N2. The van der Waals surface area contributed by atoms with E-state index in [1.165, 1.54) is 0 Å². The Hall–Kier alpha value is -2.76. The quantitative estimate of drug-likeness (QED) is 0.574. The number of nitriles is 2. The van der Waals surface area contributed by atoms with E-state index < -0.39 is 5.41 Å². The average Bonchev–Trinajstić information content (AvgIpc) is 2.50. The second kappa shape index (κ2) is 7.63. The molecule has 0 amide bonds.